The second-order valence-corrected chi connectivity index (χ2v) is 7.20. The van der Waals surface area contributed by atoms with Gasteiger partial charge in [-0.25, -0.2) is 4.39 Å². The normalized spacial score (nSPS) is 24.2. The van der Waals surface area contributed by atoms with Gasteiger partial charge in [-0.1, -0.05) is 32.8 Å². The zero-order valence-electron chi connectivity index (χ0n) is 12.0. The molecule has 0 bridgehead atoms. The molecular weight excluding hydrogens is 305 g/mol. The molecule has 1 fully saturated rings. The fourth-order valence-electron chi connectivity index (χ4n) is 2.98. The van der Waals surface area contributed by atoms with Gasteiger partial charge in [0.25, 0.3) is 0 Å². The lowest BCUT2D eigenvalue weighted by Crippen LogP contribution is -2.45. The van der Waals surface area contributed by atoms with Crippen LogP contribution >= 0.6 is 15.9 Å². The van der Waals surface area contributed by atoms with Crippen LogP contribution in [0.4, 0.5) is 4.39 Å². The molecule has 1 N–H and O–H groups in total. The highest BCUT2D eigenvalue weighted by Gasteiger charge is 2.32. The van der Waals surface area contributed by atoms with Crippen LogP contribution in [0.2, 0.25) is 0 Å². The van der Waals surface area contributed by atoms with Gasteiger partial charge < -0.3 is 5.32 Å². The number of halogens is 2. The van der Waals surface area contributed by atoms with E-state index < -0.39 is 0 Å². The maximum atomic E-state index is 13.3. The summed E-state index contributed by atoms with van der Waals surface area (Å²) < 4.78 is 13.8. The Bertz CT molecular complexity index is 444. The van der Waals surface area contributed by atoms with Crippen LogP contribution in [-0.2, 0) is 0 Å². The molecule has 1 aromatic rings. The van der Waals surface area contributed by atoms with Crippen LogP contribution in [0.1, 0.15) is 58.1 Å². The largest absolute Gasteiger partial charge is 0.307 e. The second-order valence-electron chi connectivity index (χ2n) is 6.35. The Balaban J connectivity index is 2.07. The van der Waals surface area contributed by atoms with E-state index in [9.17, 15) is 4.39 Å². The quantitative estimate of drug-likeness (QED) is 0.803. The predicted octanol–water partition coefficient (Wildman–Crippen LogP) is 5.21. The van der Waals surface area contributed by atoms with Gasteiger partial charge in [-0.15, -0.1) is 0 Å². The van der Waals surface area contributed by atoms with E-state index in [1.165, 1.54) is 31.7 Å². The van der Waals surface area contributed by atoms with Gasteiger partial charge in [0.2, 0.25) is 0 Å². The van der Waals surface area contributed by atoms with E-state index in [4.69, 9.17) is 0 Å². The molecule has 3 heteroatoms. The monoisotopic (exact) mass is 327 g/mol. The molecule has 2 atom stereocenters. The minimum absolute atomic E-state index is 0.200. The molecule has 0 saturated heterocycles. The first-order valence-corrected chi connectivity index (χ1v) is 7.90. The summed E-state index contributed by atoms with van der Waals surface area (Å²) in [4.78, 5) is 0. The Morgan fingerprint density at radius 2 is 2.11 bits per heavy atom. The molecule has 0 aliphatic heterocycles. The molecule has 1 aliphatic rings. The number of hydrogen-bond acceptors (Lipinski definition) is 1. The van der Waals surface area contributed by atoms with Crippen molar-refractivity contribution in [2.24, 2.45) is 5.41 Å². The summed E-state index contributed by atoms with van der Waals surface area (Å²) in [6.45, 7) is 6.85. The Morgan fingerprint density at radius 3 is 2.74 bits per heavy atom. The fourth-order valence-corrected chi connectivity index (χ4v) is 3.38. The molecule has 0 radical (unpaired) electrons. The Labute approximate surface area is 124 Å². The van der Waals surface area contributed by atoms with Crippen molar-refractivity contribution in [3.63, 3.8) is 0 Å². The molecule has 0 aromatic heterocycles. The van der Waals surface area contributed by atoms with Crippen molar-refractivity contribution in [2.75, 3.05) is 0 Å². The van der Waals surface area contributed by atoms with E-state index in [2.05, 4.69) is 42.0 Å². The van der Waals surface area contributed by atoms with Crippen molar-refractivity contribution in [1.29, 1.82) is 0 Å². The highest BCUT2D eigenvalue weighted by atomic mass is 79.9. The molecule has 1 aromatic carbocycles. The third-order valence-electron chi connectivity index (χ3n) is 4.40. The molecule has 1 nitrogen and oxygen atoms in total. The van der Waals surface area contributed by atoms with E-state index in [1.54, 1.807) is 0 Å². The molecule has 2 unspecified atom stereocenters. The first-order valence-electron chi connectivity index (χ1n) is 7.11. The van der Waals surface area contributed by atoms with E-state index in [-0.39, 0.29) is 11.9 Å². The summed E-state index contributed by atoms with van der Waals surface area (Å²) in [5.41, 5.74) is 1.48. The third kappa shape index (κ3) is 3.57. The lowest BCUT2D eigenvalue weighted by Gasteiger charge is -2.41. The maximum absolute atomic E-state index is 13.3. The van der Waals surface area contributed by atoms with Gasteiger partial charge in [0.15, 0.2) is 0 Å². The molecule has 2 rings (SSSR count). The van der Waals surface area contributed by atoms with Gasteiger partial charge in [-0.2, -0.15) is 0 Å². The van der Waals surface area contributed by atoms with Crippen molar-refractivity contribution in [2.45, 2.75) is 58.5 Å². The van der Waals surface area contributed by atoms with Crippen molar-refractivity contribution in [3.8, 4) is 0 Å². The SMILES string of the molecule is CC(NC1CCCCC1(C)C)c1ccc(F)c(Br)c1. The summed E-state index contributed by atoms with van der Waals surface area (Å²) in [7, 11) is 0. The summed E-state index contributed by atoms with van der Waals surface area (Å²) >= 11 is 3.26. The van der Waals surface area contributed by atoms with Crippen LogP contribution in [-0.4, -0.2) is 6.04 Å². The van der Waals surface area contributed by atoms with Crippen LogP contribution in [0.25, 0.3) is 0 Å². The molecule has 106 valence electrons. The van der Waals surface area contributed by atoms with Gasteiger partial charge in [0, 0.05) is 12.1 Å². The molecule has 0 spiro atoms. The van der Waals surface area contributed by atoms with Crippen molar-refractivity contribution in [1.82, 2.24) is 5.32 Å². The van der Waals surface area contributed by atoms with Crippen LogP contribution in [0.15, 0.2) is 22.7 Å². The summed E-state index contributed by atoms with van der Waals surface area (Å²) in [5.74, 6) is -0.200. The van der Waals surface area contributed by atoms with E-state index >= 15 is 0 Å². The number of benzene rings is 1. The number of nitrogens with one attached hydrogen (secondary N) is 1. The standard InChI is InChI=1S/C16H23BrFN/c1-11(12-7-8-14(18)13(17)10-12)19-15-6-4-5-9-16(15,2)3/h7-8,10-11,15,19H,4-6,9H2,1-3H3. The molecule has 1 saturated carbocycles. The van der Waals surface area contributed by atoms with Gasteiger partial charge in [0.1, 0.15) is 5.82 Å². The minimum atomic E-state index is -0.200. The predicted molar refractivity (Wildman–Crippen MR) is 81.7 cm³/mol. The van der Waals surface area contributed by atoms with E-state index in [0.29, 0.717) is 15.9 Å². The highest BCUT2D eigenvalue weighted by Crippen LogP contribution is 2.36. The average Bonchev–Trinajstić information content (AvgIpc) is 2.35. The smallest absolute Gasteiger partial charge is 0.137 e. The second kappa shape index (κ2) is 5.92. The summed E-state index contributed by atoms with van der Waals surface area (Å²) in [6, 6.07) is 6.07. The lowest BCUT2D eigenvalue weighted by molar-refractivity contribution is 0.157. The highest BCUT2D eigenvalue weighted by molar-refractivity contribution is 9.10. The Morgan fingerprint density at radius 1 is 1.37 bits per heavy atom. The topological polar surface area (TPSA) is 12.0 Å². The van der Waals surface area contributed by atoms with Crippen molar-refractivity contribution >= 4 is 15.9 Å². The van der Waals surface area contributed by atoms with E-state index in [1.807, 2.05) is 12.1 Å². The van der Waals surface area contributed by atoms with Crippen LogP contribution in [0, 0.1) is 11.2 Å². The fraction of sp³-hybridized carbons (Fsp3) is 0.625. The van der Waals surface area contributed by atoms with Gasteiger partial charge in [-0.3, -0.25) is 0 Å². The molecule has 19 heavy (non-hydrogen) atoms. The first-order chi connectivity index (χ1) is 8.90. The van der Waals surface area contributed by atoms with Gasteiger partial charge in [-0.05, 0) is 58.8 Å². The molecule has 0 heterocycles. The van der Waals surface area contributed by atoms with Gasteiger partial charge in [0.05, 0.1) is 4.47 Å². The minimum Gasteiger partial charge on any atom is -0.307 e. The molecule has 1 aliphatic carbocycles. The lowest BCUT2D eigenvalue weighted by atomic mass is 9.73. The zero-order chi connectivity index (χ0) is 14.0. The molecular formula is C16H23BrFN. The average molecular weight is 328 g/mol. The van der Waals surface area contributed by atoms with E-state index in [0.717, 1.165) is 5.56 Å². The Hall–Kier alpha value is -0.410. The van der Waals surface area contributed by atoms with Crippen molar-refractivity contribution in [3.05, 3.63) is 34.1 Å². The first kappa shape index (κ1) is 15.0. The third-order valence-corrected chi connectivity index (χ3v) is 5.01. The van der Waals surface area contributed by atoms with Gasteiger partial charge >= 0.3 is 0 Å². The summed E-state index contributed by atoms with van der Waals surface area (Å²) in [6.07, 6.45) is 5.16. The van der Waals surface area contributed by atoms with Crippen molar-refractivity contribution < 1.29 is 4.39 Å². The number of rotatable bonds is 3. The zero-order valence-corrected chi connectivity index (χ0v) is 13.6. The number of hydrogen-bond donors (Lipinski definition) is 1. The van der Waals surface area contributed by atoms with Crippen LogP contribution < -0.4 is 5.32 Å². The maximum Gasteiger partial charge on any atom is 0.137 e. The summed E-state index contributed by atoms with van der Waals surface area (Å²) in [5, 5.41) is 3.73. The Kier molecular flexibility index (Phi) is 4.67. The molecule has 0 amide bonds. The van der Waals surface area contributed by atoms with Crippen LogP contribution in [0.3, 0.4) is 0 Å². The van der Waals surface area contributed by atoms with Crippen LogP contribution in [0.5, 0.6) is 0 Å².